The van der Waals surface area contributed by atoms with Gasteiger partial charge in [0.25, 0.3) is 0 Å². The van der Waals surface area contributed by atoms with E-state index in [0.717, 1.165) is 11.0 Å². The van der Waals surface area contributed by atoms with E-state index in [4.69, 9.17) is 33.7 Å². The zero-order valence-corrected chi connectivity index (χ0v) is 10.2. The largest absolute Gasteiger partial charge is 0.383 e. The third kappa shape index (κ3) is 1.96. The Morgan fingerprint density at radius 1 is 1.38 bits per heavy atom. The van der Waals surface area contributed by atoms with E-state index >= 15 is 0 Å². The van der Waals surface area contributed by atoms with Crippen molar-refractivity contribution in [3.8, 4) is 0 Å². The van der Waals surface area contributed by atoms with E-state index in [0.29, 0.717) is 29.1 Å². The van der Waals surface area contributed by atoms with Gasteiger partial charge in [-0.1, -0.05) is 23.2 Å². The minimum atomic E-state index is 0.436. The SMILES string of the molecule is COCCn1c(N)nc2cc(Cl)c(Cl)cc21. The average molecular weight is 260 g/mol. The van der Waals surface area contributed by atoms with Gasteiger partial charge in [0.2, 0.25) is 5.95 Å². The van der Waals surface area contributed by atoms with Crippen LogP contribution >= 0.6 is 23.2 Å². The summed E-state index contributed by atoms with van der Waals surface area (Å²) in [5.41, 5.74) is 7.41. The normalized spacial score (nSPS) is 11.2. The van der Waals surface area contributed by atoms with Gasteiger partial charge in [0.15, 0.2) is 0 Å². The van der Waals surface area contributed by atoms with Crippen LogP contribution in [0.4, 0.5) is 5.95 Å². The van der Waals surface area contributed by atoms with Crippen molar-refractivity contribution in [2.45, 2.75) is 6.54 Å². The number of hydrogen-bond donors (Lipinski definition) is 1. The summed E-state index contributed by atoms with van der Waals surface area (Å²) in [6.07, 6.45) is 0. The summed E-state index contributed by atoms with van der Waals surface area (Å²) in [4.78, 5) is 4.21. The van der Waals surface area contributed by atoms with Crippen LogP contribution in [0.15, 0.2) is 12.1 Å². The van der Waals surface area contributed by atoms with Gasteiger partial charge in [-0.15, -0.1) is 0 Å². The average Bonchev–Trinajstić information content (AvgIpc) is 2.52. The lowest BCUT2D eigenvalue weighted by molar-refractivity contribution is 0.189. The number of rotatable bonds is 3. The molecule has 0 spiro atoms. The number of benzene rings is 1. The van der Waals surface area contributed by atoms with Crippen molar-refractivity contribution in [2.75, 3.05) is 19.5 Å². The third-order valence-corrected chi connectivity index (χ3v) is 3.06. The lowest BCUT2D eigenvalue weighted by Crippen LogP contribution is -2.07. The lowest BCUT2D eigenvalue weighted by Gasteiger charge is -2.05. The first-order valence-electron chi connectivity index (χ1n) is 4.73. The van der Waals surface area contributed by atoms with Gasteiger partial charge in [-0.05, 0) is 12.1 Å². The number of nitrogens with zero attached hydrogens (tertiary/aromatic N) is 2. The smallest absolute Gasteiger partial charge is 0.201 e. The highest BCUT2D eigenvalue weighted by molar-refractivity contribution is 6.42. The maximum absolute atomic E-state index is 5.96. The molecule has 0 atom stereocenters. The van der Waals surface area contributed by atoms with Crippen LogP contribution in [0.5, 0.6) is 0 Å². The van der Waals surface area contributed by atoms with Crippen LogP contribution in [0, 0.1) is 0 Å². The summed E-state index contributed by atoms with van der Waals surface area (Å²) in [5.74, 6) is 0.436. The molecule has 16 heavy (non-hydrogen) atoms. The van der Waals surface area contributed by atoms with Gasteiger partial charge in [-0.25, -0.2) is 4.98 Å². The molecule has 1 aromatic carbocycles. The fourth-order valence-corrected chi connectivity index (χ4v) is 1.87. The topological polar surface area (TPSA) is 53.1 Å². The second-order valence-corrected chi connectivity index (χ2v) is 4.18. The maximum Gasteiger partial charge on any atom is 0.201 e. The maximum atomic E-state index is 5.96. The number of anilines is 1. The quantitative estimate of drug-likeness (QED) is 0.922. The minimum absolute atomic E-state index is 0.436. The molecule has 0 radical (unpaired) electrons. The van der Waals surface area contributed by atoms with Crippen LogP contribution in [-0.2, 0) is 11.3 Å². The number of fused-ring (bicyclic) bond motifs is 1. The molecular formula is C10H11Cl2N3O. The lowest BCUT2D eigenvalue weighted by atomic mass is 10.3. The second-order valence-electron chi connectivity index (χ2n) is 3.37. The number of aromatic nitrogens is 2. The van der Waals surface area contributed by atoms with E-state index in [1.54, 1.807) is 19.2 Å². The molecule has 1 heterocycles. The van der Waals surface area contributed by atoms with Gasteiger partial charge >= 0.3 is 0 Å². The van der Waals surface area contributed by atoms with Crippen LogP contribution in [-0.4, -0.2) is 23.3 Å². The van der Waals surface area contributed by atoms with Gasteiger partial charge in [0.1, 0.15) is 0 Å². The van der Waals surface area contributed by atoms with Crippen molar-refractivity contribution >= 4 is 40.2 Å². The minimum Gasteiger partial charge on any atom is -0.383 e. The molecule has 1 aromatic heterocycles. The van der Waals surface area contributed by atoms with Gasteiger partial charge in [0.05, 0.1) is 27.7 Å². The Labute approximate surface area is 103 Å². The van der Waals surface area contributed by atoms with Gasteiger partial charge < -0.3 is 15.0 Å². The van der Waals surface area contributed by atoms with E-state index in [1.807, 2.05) is 4.57 Å². The summed E-state index contributed by atoms with van der Waals surface area (Å²) in [5, 5.41) is 0.971. The Morgan fingerprint density at radius 2 is 2.06 bits per heavy atom. The highest BCUT2D eigenvalue weighted by Crippen LogP contribution is 2.28. The number of nitrogen functional groups attached to an aromatic ring is 1. The molecule has 2 rings (SSSR count). The van der Waals surface area contributed by atoms with Crippen LogP contribution in [0.25, 0.3) is 11.0 Å². The Balaban J connectivity index is 2.55. The Kier molecular flexibility index (Phi) is 3.23. The third-order valence-electron chi connectivity index (χ3n) is 2.34. The molecule has 0 fully saturated rings. The van der Waals surface area contributed by atoms with Crippen LogP contribution in [0.3, 0.4) is 0 Å². The van der Waals surface area contributed by atoms with Gasteiger partial charge in [-0.2, -0.15) is 0 Å². The fraction of sp³-hybridized carbons (Fsp3) is 0.300. The molecular weight excluding hydrogens is 249 g/mol. The summed E-state index contributed by atoms with van der Waals surface area (Å²) in [7, 11) is 1.64. The highest BCUT2D eigenvalue weighted by atomic mass is 35.5. The molecule has 0 amide bonds. The van der Waals surface area contributed by atoms with E-state index < -0.39 is 0 Å². The van der Waals surface area contributed by atoms with Crippen LogP contribution < -0.4 is 5.73 Å². The monoisotopic (exact) mass is 259 g/mol. The van der Waals surface area contributed by atoms with E-state index in [2.05, 4.69) is 4.98 Å². The number of imidazole rings is 1. The Morgan fingerprint density at radius 3 is 2.75 bits per heavy atom. The van der Waals surface area contributed by atoms with E-state index in [9.17, 15) is 0 Å². The molecule has 0 aliphatic heterocycles. The first kappa shape index (κ1) is 11.5. The predicted molar refractivity (Wildman–Crippen MR) is 66.0 cm³/mol. The van der Waals surface area contributed by atoms with Crippen molar-refractivity contribution in [3.63, 3.8) is 0 Å². The van der Waals surface area contributed by atoms with Crippen molar-refractivity contribution in [2.24, 2.45) is 0 Å². The summed E-state index contributed by atoms with van der Waals surface area (Å²) >= 11 is 11.9. The standard InChI is InChI=1S/C10H11Cl2N3O/c1-16-3-2-15-9-5-7(12)6(11)4-8(9)14-10(15)13/h4-5H,2-3H2,1H3,(H2,13,14). The Bertz CT molecular complexity index is 524. The Hall–Kier alpha value is -0.970. The van der Waals surface area contributed by atoms with Crippen LogP contribution in [0.1, 0.15) is 0 Å². The number of nitrogens with two attached hydrogens (primary N) is 1. The molecule has 0 bridgehead atoms. The molecule has 0 saturated heterocycles. The van der Waals surface area contributed by atoms with Crippen molar-refractivity contribution in [1.82, 2.24) is 9.55 Å². The summed E-state index contributed by atoms with van der Waals surface area (Å²) in [6, 6.07) is 3.47. The predicted octanol–water partition coefficient (Wildman–Crippen LogP) is 2.57. The van der Waals surface area contributed by atoms with Crippen molar-refractivity contribution in [1.29, 1.82) is 0 Å². The van der Waals surface area contributed by atoms with E-state index in [-0.39, 0.29) is 0 Å². The first-order valence-corrected chi connectivity index (χ1v) is 5.48. The zero-order chi connectivity index (χ0) is 11.7. The van der Waals surface area contributed by atoms with Gasteiger partial charge in [0, 0.05) is 13.7 Å². The molecule has 0 unspecified atom stereocenters. The van der Waals surface area contributed by atoms with E-state index in [1.165, 1.54) is 0 Å². The molecule has 4 nitrogen and oxygen atoms in total. The zero-order valence-electron chi connectivity index (χ0n) is 8.70. The molecule has 2 N–H and O–H groups in total. The first-order chi connectivity index (χ1) is 7.63. The summed E-state index contributed by atoms with van der Waals surface area (Å²) < 4.78 is 6.86. The number of hydrogen-bond acceptors (Lipinski definition) is 3. The van der Waals surface area contributed by atoms with Crippen molar-refractivity contribution < 1.29 is 4.74 Å². The molecule has 86 valence electrons. The summed E-state index contributed by atoms with van der Waals surface area (Å²) in [6.45, 7) is 1.20. The molecule has 6 heteroatoms. The highest BCUT2D eigenvalue weighted by Gasteiger charge is 2.10. The number of methoxy groups -OCH3 is 1. The number of ether oxygens (including phenoxy) is 1. The molecule has 0 aliphatic rings. The molecule has 0 saturated carbocycles. The molecule has 0 aliphatic carbocycles. The van der Waals surface area contributed by atoms with Crippen molar-refractivity contribution in [3.05, 3.63) is 22.2 Å². The fourth-order valence-electron chi connectivity index (χ4n) is 1.56. The van der Waals surface area contributed by atoms with Gasteiger partial charge in [-0.3, -0.25) is 0 Å². The number of halogens is 2. The van der Waals surface area contributed by atoms with Crippen LogP contribution in [0.2, 0.25) is 10.0 Å². The molecule has 2 aromatic rings. The second kappa shape index (κ2) is 4.49.